The number of anilines is 3. The number of benzene rings is 2. The summed E-state index contributed by atoms with van der Waals surface area (Å²) in [4.78, 5) is 32.1. The molecule has 1 atom stereocenters. The van der Waals surface area contributed by atoms with Gasteiger partial charge in [-0.05, 0) is 37.4 Å². The minimum absolute atomic E-state index is 0.121. The maximum atomic E-state index is 13.2. The molecule has 33 heavy (non-hydrogen) atoms. The van der Waals surface area contributed by atoms with Crippen LogP contribution in [0.25, 0.3) is 0 Å². The van der Waals surface area contributed by atoms with Gasteiger partial charge in [-0.1, -0.05) is 11.6 Å². The van der Waals surface area contributed by atoms with Crippen LogP contribution in [-0.4, -0.2) is 70.7 Å². The van der Waals surface area contributed by atoms with E-state index in [0.29, 0.717) is 27.9 Å². The first kappa shape index (κ1) is 23.2. The number of nitrogens with one attached hydrogen (secondary N) is 1. The third-order valence-corrected chi connectivity index (χ3v) is 6.47. The average Bonchev–Trinajstić information content (AvgIpc) is 3.21. The molecule has 2 aliphatic rings. The minimum atomic E-state index is -0.483. The number of halogens is 1. The Hall–Kier alpha value is -2.97. The lowest BCUT2D eigenvalue weighted by atomic mass is 10.1. The van der Waals surface area contributed by atoms with Crippen LogP contribution < -0.4 is 24.6 Å². The molecule has 9 heteroatoms. The number of likely N-dealkylation sites (N-methyl/N-ethyl adjacent to an activating group) is 1. The van der Waals surface area contributed by atoms with Gasteiger partial charge in [-0.15, -0.1) is 0 Å². The van der Waals surface area contributed by atoms with Crippen LogP contribution in [0.3, 0.4) is 0 Å². The normalized spacial score (nSPS) is 19.0. The van der Waals surface area contributed by atoms with Gasteiger partial charge in [-0.3, -0.25) is 9.59 Å². The van der Waals surface area contributed by atoms with Crippen LogP contribution in [0.15, 0.2) is 36.4 Å². The van der Waals surface area contributed by atoms with E-state index in [1.54, 1.807) is 43.4 Å². The second-order valence-corrected chi connectivity index (χ2v) is 8.82. The number of piperazine rings is 1. The van der Waals surface area contributed by atoms with Crippen molar-refractivity contribution in [3.05, 3.63) is 41.4 Å². The van der Waals surface area contributed by atoms with E-state index in [0.717, 1.165) is 31.9 Å². The Balaban J connectivity index is 1.50. The molecule has 1 N–H and O–H groups in total. The molecule has 2 saturated heterocycles. The van der Waals surface area contributed by atoms with Crippen LogP contribution >= 0.6 is 11.6 Å². The number of nitrogens with zero attached hydrogens (tertiary/aromatic N) is 3. The monoisotopic (exact) mass is 472 g/mol. The Morgan fingerprint density at radius 3 is 2.45 bits per heavy atom. The summed E-state index contributed by atoms with van der Waals surface area (Å²) in [5.74, 6) is 0.355. The van der Waals surface area contributed by atoms with Gasteiger partial charge in [0.25, 0.3) is 0 Å². The van der Waals surface area contributed by atoms with Gasteiger partial charge in [-0.25, -0.2) is 0 Å². The second kappa shape index (κ2) is 9.89. The topological polar surface area (TPSA) is 74.4 Å². The summed E-state index contributed by atoms with van der Waals surface area (Å²) < 4.78 is 10.7. The highest BCUT2D eigenvalue weighted by Crippen LogP contribution is 2.37. The molecule has 1 unspecified atom stereocenters. The van der Waals surface area contributed by atoms with Gasteiger partial charge in [0.05, 0.1) is 37.2 Å². The maximum Gasteiger partial charge on any atom is 0.229 e. The molecule has 4 rings (SSSR count). The van der Waals surface area contributed by atoms with E-state index in [1.165, 1.54) is 0 Å². The van der Waals surface area contributed by atoms with Crippen molar-refractivity contribution >= 4 is 40.5 Å². The maximum absolute atomic E-state index is 13.2. The zero-order valence-corrected chi connectivity index (χ0v) is 19.9. The molecule has 0 saturated carbocycles. The van der Waals surface area contributed by atoms with E-state index in [1.807, 2.05) is 12.1 Å². The lowest BCUT2D eigenvalue weighted by Crippen LogP contribution is -2.44. The van der Waals surface area contributed by atoms with Gasteiger partial charge in [-0.2, -0.15) is 0 Å². The highest BCUT2D eigenvalue weighted by molar-refractivity contribution is 6.31. The van der Waals surface area contributed by atoms with Crippen molar-refractivity contribution in [1.82, 2.24) is 4.90 Å². The van der Waals surface area contributed by atoms with Crippen molar-refractivity contribution in [2.24, 2.45) is 5.92 Å². The van der Waals surface area contributed by atoms with Crippen LogP contribution in [0, 0.1) is 5.92 Å². The molecular weight excluding hydrogens is 444 g/mol. The van der Waals surface area contributed by atoms with Crippen molar-refractivity contribution in [3.8, 4) is 11.5 Å². The predicted octanol–water partition coefficient (Wildman–Crippen LogP) is 3.10. The standard InChI is InChI=1S/C24H29ClN4O4/c1-27-8-10-28(11-9-27)20-6-4-17(25)13-19(20)26-24(31)16-12-23(30)29(15-16)21-7-5-18(32-2)14-22(21)33-3/h4-7,13-14,16H,8-12,15H2,1-3H3,(H,26,31). The zero-order valence-electron chi connectivity index (χ0n) is 19.1. The summed E-state index contributed by atoms with van der Waals surface area (Å²) >= 11 is 6.24. The molecule has 0 aromatic heterocycles. The van der Waals surface area contributed by atoms with E-state index in [4.69, 9.17) is 21.1 Å². The Kier molecular flexibility index (Phi) is 6.95. The van der Waals surface area contributed by atoms with Crippen LogP contribution in [0.4, 0.5) is 17.1 Å². The Labute approximate surface area is 199 Å². The van der Waals surface area contributed by atoms with E-state index in [2.05, 4.69) is 22.2 Å². The quantitative estimate of drug-likeness (QED) is 0.696. The third kappa shape index (κ3) is 5.02. The molecule has 0 spiro atoms. The highest BCUT2D eigenvalue weighted by atomic mass is 35.5. The van der Waals surface area contributed by atoms with Crippen LogP contribution in [0.2, 0.25) is 5.02 Å². The molecule has 0 bridgehead atoms. The molecule has 2 amide bonds. The lowest BCUT2D eigenvalue weighted by Gasteiger charge is -2.35. The van der Waals surface area contributed by atoms with Crippen molar-refractivity contribution in [3.63, 3.8) is 0 Å². The van der Waals surface area contributed by atoms with E-state index in [9.17, 15) is 9.59 Å². The van der Waals surface area contributed by atoms with Gasteiger partial charge >= 0.3 is 0 Å². The van der Waals surface area contributed by atoms with Crippen molar-refractivity contribution in [2.75, 3.05) is 69.1 Å². The van der Waals surface area contributed by atoms with Crippen molar-refractivity contribution in [2.45, 2.75) is 6.42 Å². The van der Waals surface area contributed by atoms with Crippen LogP contribution in [0.1, 0.15) is 6.42 Å². The van der Waals surface area contributed by atoms with E-state index in [-0.39, 0.29) is 24.8 Å². The Morgan fingerprint density at radius 2 is 1.76 bits per heavy atom. The molecule has 0 aliphatic carbocycles. The summed E-state index contributed by atoms with van der Waals surface area (Å²) in [7, 11) is 5.21. The zero-order chi connectivity index (χ0) is 23.5. The lowest BCUT2D eigenvalue weighted by molar-refractivity contribution is -0.122. The van der Waals surface area contributed by atoms with Crippen LogP contribution in [0.5, 0.6) is 11.5 Å². The number of carbonyl (C=O) groups excluding carboxylic acids is 2. The molecule has 2 heterocycles. The molecule has 0 radical (unpaired) electrons. The molecular formula is C24H29ClN4O4. The number of rotatable bonds is 6. The summed E-state index contributed by atoms with van der Waals surface area (Å²) in [6, 6.07) is 10.8. The predicted molar refractivity (Wildman–Crippen MR) is 130 cm³/mol. The molecule has 2 aliphatic heterocycles. The number of hydrogen-bond acceptors (Lipinski definition) is 6. The number of amides is 2. The second-order valence-electron chi connectivity index (χ2n) is 8.38. The van der Waals surface area contributed by atoms with Gasteiger partial charge in [0.2, 0.25) is 11.8 Å². The fraction of sp³-hybridized carbons (Fsp3) is 0.417. The fourth-order valence-electron chi connectivity index (χ4n) is 4.29. The summed E-state index contributed by atoms with van der Waals surface area (Å²) in [6.07, 6.45) is 0.130. The first-order valence-corrected chi connectivity index (χ1v) is 11.3. The summed E-state index contributed by atoms with van der Waals surface area (Å²) in [5, 5.41) is 3.58. The molecule has 2 aromatic rings. The first-order valence-electron chi connectivity index (χ1n) is 11.0. The van der Waals surface area contributed by atoms with Gasteiger partial charge in [0.1, 0.15) is 11.5 Å². The first-order chi connectivity index (χ1) is 15.9. The van der Waals surface area contributed by atoms with Gasteiger partial charge < -0.3 is 29.5 Å². The largest absolute Gasteiger partial charge is 0.497 e. The molecule has 2 fully saturated rings. The Bertz CT molecular complexity index is 1040. The van der Waals surface area contributed by atoms with E-state index >= 15 is 0 Å². The fourth-order valence-corrected chi connectivity index (χ4v) is 4.46. The van der Waals surface area contributed by atoms with Gasteiger partial charge in [0, 0.05) is 50.2 Å². The van der Waals surface area contributed by atoms with Crippen LogP contribution in [-0.2, 0) is 9.59 Å². The SMILES string of the molecule is COc1ccc(N2CC(C(=O)Nc3cc(Cl)ccc3N3CCN(C)CC3)CC2=O)c(OC)c1. The molecule has 2 aromatic carbocycles. The smallest absolute Gasteiger partial charge is 0.229 e. The van der Waals surface area contributed by atoms with Gasteiger partial charge in [0.15, 0.2) is 0 Å². The summed E-state index contributed by atoms with van der Waals surface area (Å²) in [5.41, 5.74) is 2.24. The number of methoxy groups -OCH3 is 2. The average molecular weight is 473 g/mol. The summed E-state index contributed by atoms with van der Waals surface area (Å²) in [6.45, 7) is 3.91. The number of ether oxygens (including phenoxy) is 2. The third-order valence-electron chi connectivity index (χ3n) is 6.23. The molecule has 8 nitrogen and oxygen atoms in total. The Morgan fingerprint density at radius 1 is 1.03 bits per heavy atom. The number of hydrogen-bond donors (Lipinski definition) is 1. The molecule has 176 valence electrons. The van der Waals surface area contributed by atoms with Crippen molar-refractivity contribution in [1.29, 1.82) is 0 Å². The van der Waals surface area contributed by atoms with Crippen molar-refractivity contribution < 1.29 is 19.1 Å². The number of carbonyl (C=O) groups is 2. The highest BCUT2D eigenvalue weighted by Gasteiger charge is 2.36. The minimum Gasteiger partial charge on any atom is -0.497 e. The van der Waals surface area contributed by atoms with E-state index < -0.39 is 5.92 Å².